The maximum absolute atomic E-state index is 12.5. The Hall–Kier alpha value is -1.55. The van der Waals surface area contributed by atoms with Gasteiger partial charge in [0, 0.05) is 42.7 Å². The van der Waals surface area contributed by atoms with Crippen LogP contribution in [0.25, 0.3) is 0 Å². The number of rotatable bonds is 2. The van der Waals surface area contributed by atoms with Crippen LogP contribution in [0.3, 0.4) is 0 Å². The zero-order valence-electron chi connectivity index (χ0n) is 12.5. The molecule has 0 unspecified atom stereocenters. The third-order valence-electron chi connectivity index (χ3n) is 3.68. The molecule has 1 aromatic rings. The summed E-state index contributed by atoms with van der Waals surface area (Å²) in [6.45, 7) is 6.41. The minimum atomic E-state index is 0.00326. The maximum atomic E-state index is 12.5. The number of carbonyl (C=O) groups excluding carboxylic acids is 2. The Labute approximate surface area is 130 Å². The van der Waals surface area contributed by atoms with Gasteiger partial charge in [0.25, 0.3) is 5.91 Å². The molecule has 0 N–H and O–H groups in total. The third kappa shape index (κ3) is 3.97. The molecule has 1 saturated heterocycles. The monoisotopic (exact) mass is 308 g/mol. The molecule has 0 bridgehead atoms. The zero-order chi connectivity index (χ0) is 15.4. The molecule has 0 spiro atoms. The van der Waals surface area contributed by atoms with Crippen molar-refractivity contribution in [2.24, 2.45) is 5.92 Å². The highest BCUT2D eigenvalue weighted by atomic mass is 35.5. The van der Waals surface area contributed by atoms with Crippen LogP contribution in [0.4, 0.5) is 0 Å². The summed E-state index contributed by atoms with van der Waals surface area (Å²) in [6.07, 6.45) is 0.817. The van der Waals surface area contributed by atoms with E-state index in [-0.39, 0.29) is 17.7 Å². The molecule has 0 radical (unpaired) electrons. The standard InChI is InChI=1S/C16H21ClN2O2/c1-12(2)15(20)18-8-3-9-19(11-10-18)16(21)13-4-6-14(17)7-5-13/h4-7,12H,3,8-11H2,1-2H3. The van der Waals surface area contributed by atoms with E-state index in [1.54, 1.807) is 24.3 Å². The molecule has 0 aromatic heterocycles. The molecule has 0 saturated carbocycles. The summed E-state index contributed by atoms with van der Waals surface area (Å²) in [5, 5.41) is 0.621. The lowest BCUT2D eigenvalue weighted by atomic mass is 10.2. The van der Waals surface area contributed by atoms with Crippen molar-refractivity contribution < 1.29 is 9.59 Å². The summed E-state index contributed by atoms with van der Waals surface area (Å²) in [5.74, 6) is 0.171. The Kier molecular flexibility index (Phi) is 5.23. The molecule has 2 rings (SSSR count). The first kappa shape index (κ1) is 15.8. The molecule has 1 heterocycles. The Bertz CT molecular complexity index is 514. The number of hydrogen-bond acceptors (Lipinski definition) is 2. The number of hydrogen-bond donors (Lipinski definition) is 0. The van der Waals surface area contributed by atoms with E-state index in [4.69, 9.17) is 11.6 Å². The van der Waals surface area contributed by atoms with Crippen molar-refractivity contribution in [1.29, 1.82) is 0 Å². The Morgan fingerprint density at radius 2 is 1.57 bits per heavy atom. The summed E-state index contributed by atoms with van der Waals surface area (Å²) < 4.78 is 0. The van der Waals surface area contributed by atoms with Crippen LogP contribution in [0.5, 0.6) is 0 Å². The zero-order valence-corrected chi connectivity index (χ0v) is 13.3. The van der Waals surface area contributed by atoms with Gasteiger partial charge >= 0.3 is 0 Å². The average Bonchev–Trinajstić information content (AvgIpc) is 2.72. The van der Waals surface area contributed by atoms with E-state index < -0.39 is 0 Å². The fourth-order valence-electron chi connectivity index (χ4n) is 2.48. The minimum absolute atomic E-state index is 0.00326. The van der Waals surface area contributed by atoms with Crippen molar-refractivity contribution >= 4 is 23.4 Å². The molecule has 1 fully saturated rings. The molecule has 114 valence electrons. The normalized spacial score (nSPS) is 16.0. The van der Waals surface area contributed by atoms with E-state index in [1.165, 1.54) is 0 Å². The lowest BCUT2D eigenvalue weighted by Crippen LogP contribution is -2.38. The first-order valence-corrected chi connectivity index (χ1v) is 7.70. The van der Waals surface area contributed by atoms with Crippen LogP contribution in [-0.2, 0) is 4.79 Å². The number of carbonyl (C=O) groups is 2. The second kappa shape index (κ2) is 6.94. The topological polar surface area (TPSA) is 40.6 Å². The van der Waals surface area contributed by atoms with Gasteiger partial charge in [-0.15, -0.1) is 0 Å². The first-order valence-electron chi connectivity index (χ1n) is 7.32. The highest BCUT2D eigenvalue weighted by Gasteiger charge is 2.23. The van der Waals surface area contributed by atoms with Gasteiger partial charge in [-0.2, -0.15) is 0 Å². The number of halogens is 1. The molecule has 1 aliphatic heterocycles. The average molecular weight is 309 g/mol. The minimum Gasteiger partial charge on any atom is -0.341 e. The predicted molar refractivity (Wildman–Crippen MR) is 83.4 cm³/mol. The second-order valence-corrected chi connectivity index (χ2v) is 6.07. The molecular formula is C16H21ClN2O2. The number of amides is 2. The van der Waals surface area contributed by atoms with Crippen LogP contribution < -0.4 is 0 Å². The van der Waals surface area contributed by atoms with Crippen molar-refractivity contribution in [3.05, 3.63) is 34.9 Å². The van der Waals surface area contributed by atoms with Gasteiger partial charge in [0.1, 0.15) is 0 Å². The quantitative estimate of drug-likeness (QED) is 0.843. The van der Waals surface area contributed by atoms with Gasteiger partial charge in [-0.25, -0.2) is 0 Å². The second-order valence-electron chi connectivity index (χ2n) is 5.63. The lowest BCUT2D eigenvalue weighted by molar-refractivity contribution is -0.134. The highest BCUT2D eigenvalue weighted by molar-refractivity contribution is 6.30. The maximum Gasteiger partial charge on any atom is 0.253 e. The molecule has 0 aliphatic carbocycles. The van der Waals surface area contributed by atoms with Crippen LogP contribution in [0.1, 0.15) is 30.6 Å². The van der Waals surface area contributed by atoms with Gasteiger partial charge in [-0.1, -0.05) is 25.4 Å². The van der Waals surface area contributed by atoms with Crippen molar-refractivity contribution in [3.8, 4) is 0 Å². The smallest absolute Gasteiger partial charge is 0.253 e. The SMILES string of the molecule is CC(C)C(=O)N1CCCN(C(=O)c2ccc(Cl)cc2)CC1. The van der Waals surface area contributed by atoms with Crippen LogP contribution in [0, 0.1) is 5.92 Å². The molecule has 4 nitrogen and oxygen atoms in total. The Morgan fingerprint density at radius 3 is 2.19 bits per heavy atom. The predicted octanol–water partition coefficient (Wildman–Crippen LogP) is 2.67. The summed E-state index contributed by atoms with van der Waals surface area (Å²) in [6, 6.07) is 6.93. The van der Waals surface area contributed by atoms with Crippen molar-refractivity contribution in [3.63, 3.8) is 0 Å². The molecule has 2 amide bonds. The molecule has 21 heavy (non-hydrogen) atoms. The molecule has 1 aromatic carbocycles. The van der Waals surface area contributed by atoms with Crippen molar-refractivity contribution in [2.45, 2.75) is 20.3 Å². The molecule has 0 atom stereocenters. The van der Waals surface area contributed by atoms with Crippen LogP contribution in [0.15, 0.2) is 24.3 Å². The fraction of sp³-hybridized carbons (Fsp3) is 0.500. The number of nitrogens with zero attached hydrogens (tertiary/aromatic N) is 2. The summed E-state index contributed by atoms with van der Waals surface area (Å²) >= 11 is 5.84. The molecule has 1 aliphatic rings. The third-order valence-corrected chi connectivity index (χ3v) is 3.93. The van der Waals surface area contributed by atoms with E-state index in [9.17, 15) is 9.59 Å². The van der Waals surface area contributed by atoms with Gasteiger partial charge in [0.15, 0.2) is 0 Å². The van der Waals surface area contributed by atoms with E-state index in [2.05, 4.69) is 0 Å². The highest BCUT2D eigenvalue weighted by Crippen LogP contribution is 2.14. The van der Waals surface area contributed by atoms with Gasteiger partial charge in [0.05, 0.1) is 0 Å². The van der Waals surface area contributed by atoms with E-state index in [1.807, 2.05) is 23.6 Å². The fourth-order valence-corrected chi connectivity index (χ4v) is 2.61. The van der Waals surface area contributed by atoms with Crippen LogP contribution in [-0.4, -0.2) is 47.8 Å². The van der Waals surface area contributed by atoms with Crippen LogP contribution in [0.2, 0.25) is 5.02 Å². The summed E-state index contributed by atoms with van der Waals surface area (Å²) in [5.41, 5.74) is 0.642. The largest absolute Gasteiger partial charge is 0.341 e. The lowest BCUT2D eigenvalue weighted by Gasteiger charge is -2.23. The molecular weight excluding hydrogens is 288 g/mol. The van der Waals surface area contributed by atoms with Crippen molar-refractivity contribution in [1.82, 2.24) is 9.80 Å². The van der Waals surface area contributed by atoms with E-state index in [0.29, 0.717) is 30.2 Å². The summed E-state index contributed by atoms with van der Waals surface area (Å²) in [4.78, 5) is 28.2. The van der Waals surface area contributed by atoms with Gasteiger partial charge in [-0.05, 0) is 30.7 Å². The van der Waals surface area contributed by atoms with Crippen LogP contribution >= 0.6 is 11.6 Å². The Morgan fingerprint density at radius 1 is 1.00 bits per heavy atom. The van der Waals surface area contributed by atoms with Gasteiger partial charge in [0.2, 0.25) is 5.91 Å². The van der Waals surface area contributed by atoms with E-state index in [0.717, 1.165) is 13.0 Å². The van der Waals surface area contributed by atoms with Gasteiger partial charge < -0.3 is 9.80 Å². The van der Waals surface area contributed by atoms with E-state index >= 15 is 0 Å². The Balaban J connectivity index is 2.01. The first-order chi connectivity index (χ1) is 9.99. The molecule has 5 heteroatoms. The summed E-state index contributed by atoms with van der Waals surface area (Å²) in [7, 11) is 0. The number of benzene rings is 1. The van der Waals surface area contributed by atoms with Crippen molar-refractivity contribution in [2.75, 3.05) is 26.2 Å². The van der Waals surface area contributed by atoms with Gasteiger partial charge in [-0.3, -0.25) is 9.59 Å².